The normalized spacial score (nSPS) is 21.1. The molecule has 1 aliphatic rings. The van der Waals surface area contributed by atoms with Gasteiger partial charge in [-0.25, -0.2) is 0 Å². The number of likely N-dealkylation sites (tertiary alicyclic amines) is 1. The van der Waals surface area contributed by atoms with Crippen LogP contribution in [0.1, 0.15) is 51.2 Å². The molecule has 0 spiro atoms. The van der Waals surface area contributed by atoms with E-state index in [0.717, 1.165) is 17.8 Å². The number of halogens is 1. The van der Waals surface area contributed by atoms with Gasteiger partial charge in [0.05, 0.1) is 0 Å². The van der Waals surface area contributed by atoms with Crippen molar-refractivity contribution in [2.75, 3.05) is 18.4 Å². The van der Waals surface area contributed by atoms with Crippen molar-refractivity contribution in [1.82, 2.24) is 4.90 Å². The molecule has 0 aromatic heterocycles. The van der Waals surface area contributed by atoms with E-state index in [1.807, 2.05) is 0 Å². The van der Waals surface area contributed by atoms with Crippen molar-refractivity contribution < 1.29 is 0 Å². The van der Waals surface area contributed by atoms with Gasteiger partial charge in [-0.3, -0.25) is 4.90 Å². The maximum atomic E-state index is 3.58. The van der Waals surface area contributed by atoms with Crippen LogP contribution in [0.2, 0.25) is 0 Å². The number of piperidine rings is 1. The first kappa shape index (κ1) is 16.0. The predicted octanol–water partition coefficient (Wildman–Crippen LogP) is 4.98. The Hall–Kier alpha value is -0.340. The van der Waals surface area contributed by atoms with Crippen LogP contribution in [0.25, 0.3) is 0 Å². The molecule has 0 N–H and O–H groups in total. The number of benzene rings is 1. The molecular weight excluding hydrogens is 310 g/mol. The molecule has 0 aliphatic carbocycles. The molecule has 2 heteroatoms. The number of alkyl halides is 1. The van der Waals surface area contributed by atoms with Crippen molar-refractivity contribution >= 4 is 15.9 Å². The van der Waals surface area contributed by atoms with E-state index < -0.39 is 0 Å². The van der Waals surface area contributed by atoms with Crippen molar-refractivity contribution in [1.29, 1.82) is 0 Å². The SMILES string of the molecule is CC(C)(C)c1ccc(CN2CCCC(CCBr)C2)cc1. The molecule has 1 unspecified atom stereocenters. The first-order valence-corrected chi connectivity index (χ1v) is 8.99. The minimum Gasteiger partial charge on any atom is -0.299 e. The second-order valence-electron chi connectivity index (χ2n) is 7.17. The molecule has 1 aromatic rings. The van der Waals surface area contributed by atoms with Crippen LogP contribution in [0.3, 0.4) is 0 Å². The molecule has 1 saturated heterocycles. The van der Waals surface area contributed by atoms with E-state index in [4.69, 9.17) is 0 Å². The van der Waals surface area contributed by atoms with Crippen LogP contribution in [0.5, 0.6) is 0 Å². The van der Waals surface area contributed by atoms with Crippen LogP contribution in [-0.2, 0) is 12.0 Å². The van der Waals surface area contributed by atoms with Gasteiger partial charge < -0.3 is 0 Å². The Kier molecular flexibility index (Phi) is 5.68. The Labute approximate surface area is 132 Å². The monoisotopic (exact) mass is 337 g/mol. The van der Waals surface area contributed by atoms with Gasteiger partial charge in [0.1, 0.15) is 0 Å². The van der Waals surface area contributed by atoms with Gasteiger partial charge in [-0.15, -0.1) is 0 Å². The third-order valence-electron chi connectivity index (χ3n) is 4.35. The van der Waals surface area contributed by atoms with Gasteiger partial charge in [-0.1, -0.05) is 61.0 Å². The van der Waals surface area contributed by atoms with E-state index in [-0.39, 0.29) is 5.41 Å². The second kappa shape index (κ2) is 7.09. The van der Waals surface area contributed by atoms with Crippen molar-refractivity contribution in [2.45, 2.75) is 52.0 Å². The Balaban J connectivity index is 1.93. The van der Waals surface area contributed by atoms with Crippen LogP contribution in [0, 0.1) is 5.92 Å². The lowest BCUT2D eigenvalue weighted by Gasteiger charge is -2.32. The minimum absolute atomic E-state index is 0.255. The van der Waals surface area contributed by atoms with Crippen molar-refractivity contribution in [2.24, 2.45) is 5.92 Å². The topological polar surface area (TPSA) is 3.24 Å². The third-order valence-corrected chi connectivity index (χ3v) is 4.80. The van der Waals surface area contributed by atoms with Gasteiger partial charge in [0.25, 0.3) is 0 Å². The van der Waals surface area contributed by atoms with E-state index in [0.29, 0.717) is 0 Å². The van der Waals surface area contributed by atoms with E-state index in [1.54, 1.807) is 0 Å². The molecule has 1 atom stereocenters. The fourth-order valence-electron chi connectivity index (χ4n) is 3.05. The van der Waals surface area contributed by atoms with Crippen LogP contribution >= 0.6 is 15.9 Å². The first-order chi connectivity index (χ1) is 9.49. The molecule has 0 bridgehead atoms. The highest BCUT2D eigenvalue weighted by molar-refractivity contribution is 9.09. The number of hydrogen-bond donors (Lipinski definition) is 0. The molecular formula is C18H28BrN. The van der Waals surface area contributed by atoms with E-state index in [2.05, 4.69) is 65.9 Å². The van der Waals surface area contributed by atoms with Crippen LogP contribution < -0.4 is 0 Å². The minimum atomic E-state index is 0.255. The molecule has 1 fully saturated rings. The zero-order valence-corrected chi connectivity index (χ0v) is 14.7. The highest BCUT2D eigenvalue weighted by Gasteiger charge is 2.19. The molecule has 1 nitrogen and oxygen atoms in total. The quantitative estimate of drug-likeness (QED) is 0.700. The molecule has 20 heavy (non-hydrogen) atoms. The fraction of sp³-hybridized carbons (Fsp3) is 0.667. The fourth-order valence-corrected chi connectivity index (χ4v) is 3.70. The molecule has 2 rings (SSSR count). The molecule has 1 aliphatic heterocycles. The lowest BCUT2D eigenvalue weighted by Crippen LogP contribution is -2.35. The summed E-state index contributed by atoms with van der Waals surface area (Å²) in [7, 11) is 0. The van der Waals surface area contributed by atoms with Gasteiger partial charge in [0.15, 0.2) is 0 Å². The highest BCUT2D eigenvalue weighted by Crippen LogP contribution is 2.24. The van der Waals surface area contributed by atoms with Crippen LogP contribution in [0.15, 0.2) is 24.3 Å². The van der Waals surface area contributed by atoms with Crippen molar-refractivity contribution in [3.8, 4) is 0 Å². The summed E-state index contributed by atoms with van der Waals surface area (Å²) < 4.78 is 0. The first-order valence-electron chi connectivity index (χ1n) is 7.87. The molecule has 112 valence electrons. The van der Waals surface area contributed by atoms with Gasteiger partial charge in [-0.05, 0) is 48.3 Å². The predicted molar refractivity (Wildman–Crippen MR) is 91.6 cm³/mol. The summed E-state index contributed by atoms with van der Waals surface area (Å²) in [4.78, 5) is 2.63. The summed E-state index contributed by atoms with van der Waals surface area (Å²) in [5.74, 6) is 0.886. The number of nitrogens with zero attached hydrogens (tertiary/aromatic N) is 1. The third kappa shape index (κ3) is 4.60. The van der Waals surface area contributed by atoms with E-state index in [1.165, 1.54) is 43.5 Å². The average Bonchev–Trinajstić information content (AvgIpc) is 2.39. The lowest BCUT2D eigenvalue weighted by atomic mass is 9.86. The highest BCUT2D eigenvalue weighted by atomic mass is 79.9. The zero-order valence-electron chi connectivity index (χ0n) is 13.2. The van der Waals surface area contributed by atoms with Gasteiger partial charge in [0.2, 0.25) is 0 Å². The van der Waals surface area contributed by atoms with E-state index in [9.17, 15) is 0 Å². The van der Waals surface area contributed by atoms with Crippen LogP contribution in [-0.4, -0.2) is 23.3 Å². The molecule has 0 radical (unpaired) electrons. The summed E-state index contributed by atoms with van der Waals surface area (Å²) in [5, 5.41) is 1.14. The van der Waals surface area contributed by atoms with E-state index >= 15 is 0 Å². The van der Waals surface area contributed by atoms with Gasteiger partial charge >= 0.3 is 0 Å². The van der Waals surface area contributed by atoms with Crippen molar-refractivity contribution in [3.63, 3.8) is 0 Å². The smallest absolute Gasteiger partial charge is 0.0233 e. The van der Waals surface area contributed by atoms with Gasteiger partial charge in [0, 0.05) is 18.4 Å². The number of rotatable bonds is 4. The Morgan fingerprint density at radius 1 is 1.20 bits per heavy atom. The lowest BCUT2D eigenvalue weighted by molar-refractivity contribution is 0.165. The molecule has 1 aromatic carbocycles. The largest absolute Gasteiger partial charge is 0.299 e. The Morgan fingerprint density at radius 3 is 2.50 bits per heavy atom. The number of hydrogen-bond acceptors (Lipinski definition) is 1. The molecule has 1 heterocycles. The maximum absolute atomic E-state index is 3.58. The summed E-state index contributed by atoms with van der Waals surface area (Å²) in [5.41, 5.74) is 3.14. The summed E-state index contributed by atoms with van der Waals surface area (Å²) in [6.07, 6.45) is 4.09. The maximum Gasteiger partial charge on any atom is 0.0233 e. The standard InChI is InChI=1S/C18H28BrN/c1-18(2,3)17-8-6-16(7-9-17)14-20-12-4-5-15(13-20)10-11-19/h6-9,15H,4-5,10-14H2,1-3H3. The Morgan fingerprint density at radius 2 is 1.90 bits per heavy atom. The van der Waals surface area contributed by atoms with Gasteiger partial charge in [-0.2, -0.15) is 0 Å². The summed E-state index contributed by atoms with van der Waals surface area (Å²) in [6.45, 7) is 10.5. The second-order valence-corrected chi connectivity index (χ2v) is 7.96. The van der Waals surface area contributed by atoms with Crippen molar-refractivity contribution in [3.05, 3.63) is 35.4 Å². The average molecular weight is 338 g/mol. The molecule has 0 amide bonds. The Bertz CT molecular complexity index is 402. The zero-order chi connectivity index (χ0) is 14.6. The summed E-state index contributed by atoms with van der Waals surface area (Å²) in [6, 6.07) is 9.23. The molecule has 0 saturated carbocycles. The van der Waals surface area contributed by atoms with Crippen LogP contribution in [0.4, 0.5) is 0 Å². The summed E-state index contributed by atoms with van der Waals surface area (Å²) >= 11 is 3.58.